The van der Waals surface area contributed by atoms with Crippen LogP contribution in [-0.2, 0) is 6.54 Å². The number of hydrogen-bond donors (Lipinski definition) is 2. The summed E-state index contributed by atoms with van der Waals surface area (Å²) < 4.78 is 0. The Hall–Kier alpha value is -1.82. The van der Waals surface area contributed by atoms with Gasteiger partial charge in [0.1, 0.15) is 5.82 Å². The molecule has 2 amide bonds. The molecule has 1 aliphatic heterocycles. The zero-order valence-electron chi connectivity index (χ0n) is 14.8. The molecule has 0 radical (unpaired) electrons. The van der Waals surface area contributed by atoms with Crippen LogP contribution in [0.5, 0.6) is 0 Å². The van der Waals surface area contributed by atoms with Gasteiger partial charge in [-0.1, -0.05) is 18.9 Å². The van der Waals surface area contributed by atoms with Crippen molar-refractivity contribution in [3.8, 4) is 0 Å². The van der Waals surface area contributed by atoms with E-state index in [0.29, 0.717) is 6.54 Å². The fourth-order valence-electron chi connectivity index (χ4n) is 3.89. The van der Waals surface area contributed by atoms with Crippen LogP contribution < -0.4 is 15.5 Å². The number of rotatable bonds is 5. The third-order valence-corrected chi connectivity index (χ3v) is 5.13. The molecule has 132 valence electrons. The Morgan fingerprint density at radius 3 is 2.88 bits per heavy atom. The Bertz CT molecular complexity index is 556. The number of nitrogens with zero attached hydrogens (tertiary/aromatic N) is 3. The molecule has 6 nitrogen and oxygen atoms in total. The predicted molar refractivity (Wildman–Crippen MR) is 96.2 cm³/mol. The van der Waals surface area contributed by atoms with E-state index >= 15 is 0 Å². The van der Waals surface area contributed by atoms with Gasteiger partial charge in [-0.2, -0.15) is 0 Å². The van der Waals surface area contributed by atoms with Crippen LogP contribution in [0, 0.1) is 0 Å². The second-order valence-electron chi connectivity index (χ2n) is 7.13. The van der Waals surface area contributed by atoms with Crippen molar-refractivity contribution < 1.29 is 4.79 Å². The maximum absolute atomic E-state index is 12.2. The number of anilines is 1. The zero-order valence-corrected chi connectivity index (χ0v) is 14.8. The quantitative estimate of drug-likeness (QED) is 0.866. The molecule has 6 heteroatoms. The van der Waals surface area contributed by atoms with Gasteiger partial charge in [0.25, 0.3) is 0 Å². The monoisotopic (exact) mass is 331 g/mol. The molecule has 1 atom stereocenters. The van der Waals surface area contributed by atoms with Gasteiger partial charge in [0.15, 0.2) is 0 Å². The van der Waals surface area contributed by atoms with E-state index in [1.807, 2.05) is 31.1 Å². The van der Waals surface area contributed by atoms with Gasteiger partial charge in [-0.15, -0.1) is 0 Å². The standard InChI is InChI=1S/C18H29N5O/c1-22(2)17-14(6-5-10-19-17)12-20-18(24)21-15-9-11-23(13-15)16-7-3-4-8-16/h5-6,10,15-16H,3-4,7-9,11-13H2,1-2H3,(H2,20,21,24)/t15-/m1/s1. The predicted octanol–water partition coefficient (Wildman–Crippen LogP) is 1.96. The Kier molecular flexibility index (Phi) is 5.56. The second kappa shape index (κ2) is 7.83. The Morgan fingerprint density at radius 1 is 1.33 bits per heavy atom. The van der Waals surface area contributed by atoms with Gasteiger partial charge in [-0.3, -0.25) is 4.90 Å². The van der Waals surface area contributed by atoms with Gasteiger partial charge >= 0.3 is 6.03 Å². The van der Waals surface area contributed by atoms with Crippen molar-refractivity contribution in [2.45, 2.75) is 50.7 Å². The third kappa shape index (κ3) is 4.17. The van der Waals surface area contributed by atoms with E-state index in [1.165, 1.54) is 25.7 Å². The summed E-state index contributed by atoms with van der Waals surface area (Å²) in [5, 5.41) is 6.10. The molecule has 1 aliphatic carbocycles. The molecular formula is C18H29N5O. The van der Waals surface area contributed by atoms with Crippen molar-refractivity contribution in [1.82, 2.24) is 20.5 Å². The van der Waals surface area contributed by atoms with Crippen LogP contribution in [-0.4, -0.2) is 55.2 Å². The van der Waals surface area contributed by atoms with Gasteiger partial charge in [0, 0.05) is 57.6 Å². The highest BCUT2D eigenvalue weighted by Gasteiger charge is 2.30. The third-order valence-electron chi connectivity index (χ3n) is 5.13. The fraction of sp³-hybridized carbons (Fsp3) is 0.667. The molecule has 2 N–H and O–H groups in total. The molecule has 1 aromatic heterocycles. The SMILES string of the molecule is CN(C)c1ncccc1CNC(=O)N[C@@H]1CCN(C2CCCC2)C1. The van der Waals surface area contributed by atoms with Crippen LogP contribution in [0.3, 0.4) is 0 Å². The van der Waals surface area contributed by atoms with Crippen molar-refractivity contribution in [2.24, 2.45) is 0 Å². The van der Waals surface area contributed by atoms with E-state index in [4.69, 9.17) is 0 Å². The van der Waals surface area contributed by atoms with Crippen LogP contribution in [0.2, 0.25) is 0 Å². The first-order chi connectivity index (χ1) is 11.6. The summed E-state index contributed by atoms with van der Waals surface area (Å²) >= 11 is 0. The van der Waals surface area contributed by atoms with E-state index in [-0.39, 0.29) is 12.1 Å². The number of likely N-dealkylation sites (tertiary alicyclic amines) is 1. The van der Waals surface area contributed by atoms with Crippen LogP contribution in [0.15, 0.2) is 18.3 Å². The Balaban J connectivity index is 1.45. The van der Waals surface area contributed by atoms with Crippen LogP contribution in [0.4, 0.5) is 10.6 Å². The zero-order chi connectivity index (χ0) is 16.9. The summed E-state index contributed by atoms with van der Waals surface area (Å²) in [6.45, 7) is 2.60. The number of carbonyl (C=O) groups is 1. The molecule has 24 heavy (non-hydrogen) atoms. The van der Waals surface area contributed by atoms with Gasteiger partial charge in [0.05, 0.1) is 0 Å². The number of nitrogens with one attached hydrogen (secondary N) is 2. The second-order valence-corrected chi connectivity index (χ2v) is 7.13. The molecule has 0 bridgehead atoms. The van der Waals surface area contributed by atoms with Gasteiger partial charge in [0.2, 0.25) is 0 Å². The number of carbonyl (C=O) groups excluding carboxylic acids is 1. The Morgan fingerprint density at radius 2 is 2.12 bits per heavy atom. The normalized spacial score (nSPS) is 21.8. The molecular weight excluding hydrogens is 302 g/mol. The van der Waals surface area contributed by atoms with E-state index in [2.05, 4.69) is 20.5 Å². The molecule has 2 fully saturated rings. The average molecular weight is 331 g/mol. The van der Waals surface area contributed by atoms with E-state index < -0.39 is 0 Å². The molecule has 0 aromatic carbocycles. The highest BCUT2D eigenvalue weighted by Crippen LogP contribution is 2.26. The van der Waals surface area contributed by atoms with Crippen molar-refractivity contribution in [1.29, 1.82) is 0 Å². The lowest BCUT2D eigenvalue weighted by Gasteiger charge is -2.23. The van der Waals surface area contributed by atoms with Crippen molar-refractivity contribution in [3.05, 3.63) is 23.9 Å². The number of pyridine rings is 1. The lowest BCUT2D eigenvalue weighted by atomic mass is 10.2. The topological polar surface area (TPSA) is 60.5 Å². The van der Waals surface area contributed by atoms with Crippen molar-refractivity contribution >= 4 is 11.8 Å². The molecule has 0 spiro atoms. The summed E-state index contributed by atoms with van der Waals surface area (Å²) in [6.07, 6.45) is 8.20. The molecule has 1 aromatic rings. The molecule has 0 unspecified atom stereocenters. The largest absolute Gasteiger partial charge is 0.362 e. The molecule has 1 saturated carbocycles. The lowest BCUT2D eigenvalue weighted by molar-refractivity contribution is 0.227. The summed E-state index contributed by atoms with van der Waals surface area (Å²) in [4.78, 5) is 21.1. The Labute approximate surface area is 144 Å². The molecule has 3 rings (SSSR count). The maximum Gasteiger partial charge on any atom is 0.315 e. The maximum atomic E-state index is 12.2. The molecule has 1 saturated heterocycles. The molecule has 2 aliphatic rings. The fourth-order valence-corrected chi connectivity index (χ4v) is 3.89. The number of hydrogen-bond acceptors (Lipinski definition) is 4. The van der Waals surface area contributed by atoms with E-state index in [0.717, 1.165) is 36.9 Å². The first-order valence-corrected chi connectivity index (χ1v) is 9.03. The number of amides is 2. The van der Waals surface area contributed by atoms with Crippen LogP contribution in [0.1, 0.15) is 37.7 Å². The summed E-state index contributed by atoms with van der Waals surface area (Å²) in [6, 6.07) is 4.84. The lowest BCUT2D eigenvalue weighted by Crippen LogP contribution is -2.44. The van der Waals surface area contributed by atoms with Crippen molar-refractivity contribution in [3.63, 3.8) is 0 Å². The summed E-state index contributed by atoms with van der Waals surface area (Å²) in [7, 11) is 3.92. The van der Waals surface area contributed by atoms with Crippen LogP contribution >= 0.6 is 0 Å². The van der Waals surface area contributed by atoms with Gasteiger partial charge in [-0.05, 0) is 25.3 Å². The number of urea groups is 1. The van der Waals surface area contributed by atoms with Crippen LogP contribution in [0.25, 0.3) is 0 Å². The minimum absolute atomic E-state index is 0.0816. The van der Waals surface area contributed by atoms with Gasteiger partial charge in [-0.25, -0.2) is 9.78 Å². The van der Waals surface area contributed by atoms with Gasteiger partial charge < -0.3 is 15.5 Å². The minimum atomic E-state index is -0.0816. The first-order valence-electron chi connectivity index (χ1n) is 9.03. The first kappa shape index (κ1) is 17.0. The van der Waals surface area contributed by atoms with E-state index in [9.17, 15) is 4.79 Å². The average Bonchev–Trinajstić information content (AvgIpc) is 3.24. The van der Waals surface area contributed by atoms with Crippen molar-refractivity contribution in [2.75, 3.05) is 32.1 Å². The number of aromatic nitrogens is 1. The summed E-state index contributed by atoms with van der Waals surface area (Å²) in [5.74, 6) is 0.895. The molecule has 2 heterocycles. The van der Waals surface area contributed by atoms with E-state index in [1.54, 1.807) is 6.20 Å². The minimum Gasteiger partial charge on any atom is -0.362 e. The smallest absolute Gasteiger partial charge is 0.315 e. The highest BCUT2D eigenvalue weighted by atomic mass is 16.2. The summed E-state index contributed by atoms with van der Waals surface area (Å²) in [5.41, 5.74) is 1.02. The highest BCUT2D eigenvalue weighted by molar-refractivity contribution is 5.74.